The zero-order chi connectivity index (χ0) is 17.6. The van der Waals surface area contributed by atoms with Gasteiger partial charge in [0.05, 0.1) is 5.66 Å². The van der Waals surface area contributed by atoms with Crippen LogP contribution in [-0.2, 0) is 19.3 Å². The van der Waals surface area contributed by atoms with E-state index in [1.54, 1.807) is 11.1 Å². The second kappa shape index (κ2) is 8.64. The Balaban J connectivity index is 2.42. The zero-order valence-corrected chi connectivity index (χ0v) is 15.7. The smallest absolute Gasteiger partial charge is 0.0867 e. The molecule has 1 aromatic carbocycles. The molecule has 2 rings (SSSR count). The van der Waals surface area contributed by atoms with Crippen molar-refractivity contribution in [2.24, 2.45) is 11.5 Å². The van der Waals surface area contributed by atoms with Crippen LogP contribution in [-0.4, -0.2) is 5.66 Å². The number of nitrogens with two attached hydrogens (primary N) is 2. The molecule has 0 saturated heterocycles. The van der Waals surface area contributed by atoms with Crippen molar-refractivity contribution in [1.29, 1.82) is 0 Å². The Morgan fingerprint density at radius 3 is 2.25 bits per heavy atom. The molecule has 0 aliphatic heterocycles. The van der Waals surface area contributed by atoms with E-state index in [0.717, 1.165) is 6.42 Å². The molecule has 1 aromatic rings. The highest BCUT2D eigenvalue weighted by atomic mass is 14.9. The summed E-state index contributed by atoms with van der Waals surface area (Å²) in [5.74, 6) is 0. The molecule has 0 heterocycles. The van der Waals surface area contributed by atoms with E-state index < -0.39 is 5.66 Å². The molecule has 0 fully saturated rings. The Bertz CT molecular complexity index is 609. The minimum absolute atomic E-state index is 0.692. The quantitative estimate of drug-likeness (QED) is 0.668. The maximum atomic E-state index is 6.01. The number of benzene rings is 1. The topological polar surface area (TPSA) is 52.0 Å². The first kappa shape index (κ1) is 19.0. The Labute approximate surface area is 148 Å². The molecular formula is C22H34N2. The molecule has 0 radical (unpaired) electrons. The highest BCUT2D eigenvalue weighted by Crippen LogP contribution is 2.31. The van der Waals surface area contributed by atoms with Crippen LogP contribution in [0.3, 0.4) is 0 Å². The van der Waals surface area contributed by atoms with Crippen LogP contribution in [0.15, 0.2) is 30.4 Å². The summed E-state index contributed by atoms with van der Waals surface area (Å²) in [6.07, 6.45) is 15.4. The van der Waals surface area contributed by atoms with E-state index in [4.69, 9.17) is 11.5 Å². The lowest BCUT2D eigenvalue weighted by Gasteiger charge is -2.25. The average Bonchev–Trinajstić information content (AvgIpc) is 2.58. The third kappa shape index (κ3) is 4.58. The van der Waals surface area contributed by atoms with Gasteiger partial charge in [-0.25, -0.2) is 0 Å². The number of aryl methyl sites for hydroxylation is 1. The van der Waals surface area contributed by atoms with Crippen LogP contribution >= 0.6 is 0 Å². The minimum Gasteiger partial charge on any atom is -0.310 e. The molecule has 0 bridgehead atoms. The number of rotatable bonds is 8. The fraction of sp³-hybridized carbons (Fsp3) is 0.545. The van der Waals surface area contributed by atoms with Crippen molar-refractivity contribution in [2.45, 2.75) is 77.8 Å². The molecule has 24 heavy (non-hydrogen) atoms. The highest BCUT2D eigenvalue weighted by molar-refractivity contribution is 5.78. The lowest BCUT2D eigenvalue weighted by molar-refractivity contribution is 0.558. The van der Waals surface area contributed by atoms with Gasteiger partial charge in [0.25, 0.3) is 0 Å². The van der Waals surface area contributed by atoms with Gasteiger partial charge in [0.15, 0.2) is 0 Å². The van der Waals surface area contributed by atoms with Crippen molar-refractivity contribution in [1.82, 2.24) is 0 Å². The molecule has 0 amide bonds. The van der Waals surface area contributed by atoms with Crippen molar-refractivity contribution < 1.29 is 0 Å². The zero-order valence-electron chi connectivity index (χ0n) is 15.7. The third-order valence-corrected chi connectivity index (χ3v) is 5.02. The molecule has 4 N–H and O–H groups in total. The summed E-state index contributed by atoms with van der Waals surface area (Å²) in [7, 11) is 0. The van der Waals surface area contributed by atoms with Gasteiger partial charge in [-0.1, -0.05) is 57.9 Å². The fourth-order valence-electron chi connectivity index (χ4n) is 3.55. The van der Waals surface area contributed by atoms with Crippen molar-refractivity contribution in [3.8, 4) is 0 Å². The predicted octanol–water partition coefficient (Wildman–Crippen LogP) is 4.89. The third-order valence-electron chi connectivity index (χ3n) is 5.02. The summed E-state index contributed by atoms with van der Waals surface area (Å²) < 4.78 is 0. The van der Waals surface area contributed by atoms with Crippen LogP contribution < -0.4 is 11.5 Å². The average molecular weight is 327 g/mol. The van der Waals surface area contributed by atoms with Crippen molar-refractivity contribution in [2.75, 3.05) is 0 Å². The van der Waals surface area contributed by atoms with E-state index in [-0.39, 0.29) is 0 Å². The molecule has 2 heteroatoms. The first-order valence-electron chi connectivity index (χ1n) is 9.63. The number of hydrogen-bond donors (Lipinski definition) is 2. The van der Waals surface area contributed by atoms with Crippen LogP contribution in [0, 0.1) is 0 Å². The van der Waals surface area contributed by atoms with E-state index in [1.807, 2.05) is 6.08 Å². The summed E-state index contributed by atoms with van der Waals surface area (Å²) in [6, 6.07) is 4.67. The fourth-order valence-corrected chi connectivity index (χ4v) is 3.55. The van der Waals surface area contributed by atoms with E-state index in [2.05, 4.69) is 45.1 Å². The van der Waals surface area contributed by atoms with Crippen molar-refractivity contribution in [3.05, 3.63) is 52.6 Å². The molecule has 0 atom stereocenters. The van der Waals surface area contributed by atoms with Gasteiger partial charge in [-0.3, -0.25) is 0 Å². The second-order valence-electron chi connectivity index (χ2n) is 7.10. The van der Waals surface area contributed by atoms with E-state index in [0.29, 0.717) is 6.42 Å². The maximum Gasteiger partial charge on any atom is 0.0867 e. The van der Waals surface area contributed by atoms with Gasteiger partial charge in [0.2, 0.25) is 0 Å². The monoisotopic (exact) mass is 326 g/mol. The largest absolute Gasteiger partial charge is 0.310 e. The van der Waals surface area contributed by atoms with Crippen LogP contribution in [0.5, 0.6) is 0 Å². The predicted molar refractivity (Wildman–Crippen MR) is 106 cm³/mol. The van der Waals surface area contributed by atoms with Crippen molar-refractivity contribution in [3.63, 3.8) is 0 Å². The van der Waals surface area contributed by atoms with Gasteiger partial charge in [0.1, 0.15) is 0 Å². The normalized spacial score (nSPS) is 16.3. The lowest BCUT2D eigenvalue weighted by atomic mass is 9.84. The summed E-state index contributed by atoms with van der Waals surface area (Å²) in [5.41, 5.74) is 18.6. The Morgan fingerprint density at radius 1 is 0.958 bits per heavy atom. The molecule has 1 aliphatic carbocycles. The van der Waals surface area contributed by atoms with Crippen LogP contribution in [0.2, 0.25) is 0 Å². The minimum atomic E-state index is -0.692. The number of unbranched alkanes of at least 4 members (excludes halogenated alkanes) is 2. The summed E-state index contributed by atoms with van der Waals surface area (Å²) in [5, 5.41) is 0. The molecule has 0 spiro atoms. The molecule has 2 nitrogen and oxygen atoms in total. The standard InChI is InChI=1S/C22H34N2/c1-4-7-9-17-11-12-21(18-13-15-22(23,24)16-14-18)19(6-3)20(17)10-8-5-2/h11-15H,4-10,16,23-24H2,1-3H3. The van der Waals surface area contributed by atoms with Crippen LogP contribution in [0.25, 0.3) is 5.57 Å². The second-order valence-corrected chi connectivity index (χ2v) is 7.10. The van der Waals surface area contributed by atoms with E-state index >= 15 is 0 Å². The first-order chi connectivity index (χ1) is 11.5. The Morgan fingerprint density at radius 2 is 1.67 bits per heavy atom. The van der Waals surface area contributed by atoms with Gasteiger partial charge in [-0.2, -0.15) is 0 Å². The Kier molecular flexibility index (Phi) is 6.82. The maximum absolute atomic E-state index is 6.01. The van der Waals surface area contributed by atoms with Gasteiger partial charge < -0.3 is 11.5 Å². The highest BCUT2D eigenvalue weighted by Gasteiger charge is 2.20. The van der Waals surface area contributed by atoms with E-state index in [9.17, 15) is 0 Å². The molecule has 132 valence electrons. The summed E-state index contributed by atoms with van der Waals surface area (Å²) >= 11 is 0. The molecule has 1 aliphatic rings. The number of allylic oxidation sites excluding steroid dienone is 2. The lowest BCUT2D eigenvalue weighted by Crippen LogP contribution is -2.47. The van der Waals surface area contributed by atoms with Crippen LogP contribution in [0.1, 0.15) is 75.1 Å². The first-order valence-corrected chi connectivity index (χ1v) is 9.63. The van der Waals surface area contributed by atoms with Crippen LogP contribution in [0.4, 0.5) is 0 Å². The SMILES string of the molecule is CCCCc1ccc(C2=CCC(N)(N)C=C2)c(CC)c1CCCC. The van der Waals surface area contributed by atoms with Gasteiger partial charge in [-0.15, -0.1) is 0 Å². The summed E-state index contributed by atoms with van der Waals surface area (Å²) in [6.45, 7) is 6.82. The van der Waals surface area contributed by atoms with Gasteiger partial charge in [0, 0.05) is 6.42 Å². The molecule has 0 saturated carbocycles. The summed E-state index contributed by atoms with van der Waals surface area (Å²) in [4.78, 5) is 0. The van der Waals surface area contributed by atoms with E-state index in [1.165, 1.54) is 55.2 Å². The van der Waals surface area contributed by atoms with Crippen molar-refractivity contribution >= 4 is 5.57 Å². The molecule has 0 unspecified atom stereocenters. The van der Waals surface area contributed by atoms with Gasteiger partial charge >= 0.3 is 0 Å². The Hall–Kier alpha value is -1.38. The molecule has 0 aromatic heterocycles. The number of hydrogen-bond acceptors (Lipinski definition) is 2. The molecular weight excluding hydrogens is 292 g/mol. The van der Waals surface area contributed by atoms with Gasteiger partial charge in [-0.05, 0) is 66.0 Å².